The Labute approximate surface area is 117 Å². The van der Waals surface area contributed by atoms with E-state index in [1.807, 2.05) is 5.38 Å². The van der Waals surface area contributed by atoms with Crippen LogP contribution in [0.25, 0.3) is 0 Å². The summed E-state index contributed by atoms with van der Waals surface area (Å²) in [4.78, 5) is 13.6. The topological polar surface area (TPSA) is 58.6 Å². The van der Waals surface area contributed by atoms with E-state index >= 15 is 0 Å². The number of hydrogen-bond acceptors (Lipinski definition) is 4. The number of aliphatic hydroxyl groups excluding tert-OH is 1. The van der Waals surface area contributed by atoms with Crippen LogP contribution < -0.4 is 5.32 Å². The fraction of sp³-hybridized carbons (Fsp3) is 0.643. The third-order valence-corrected chi connectivity index (χ3v) is 4.62. The molecule has 0 saturated carbocycles. The molecule has 2 rings (SSSR count). The Morgan fingerprint density at radius 2 is 2.47 bits per heavy atom. The van der Waals surface area contributed by atoms with Gasteiger partial charge in [0.05, 0.1) is 24.8 Å². The van der Waals surface area contributed by atoms with Crippen LogP contribution in [0.2, 0.25) is 0 Å². The Balaban J connectivity index is 2.08. The van der Waals surface area contributed by atoms with E-state index in [1.54, 1.807) is 18.4 Å². The largest absolute Gasteiger partial charge is 0.394 e. The van der Waals surface area contributed by atoms with Crippen molar-refractivity contribution in [3.63, 3.8) is 0 Å². The Kier molecular flexibility index (Phi) is 4.96. The van der Waals surface area contributed by atoms with E-state index in [-0.39, 0.29) is 18.6 Å². The van der Waals surface area contributed by atoms with Gasteiger partial charge in [-0.3, -0.25) is 4.79 Å². The van der Waals surface area contributed by atoms with E-state index < -0.39 is 0 Å². The lowest BCUT2D eigenvalue weighted by Gasteiger charge is -2.20. The highest BCUT2D eigenvalue weighted by Gasteiger charge is 2.24. The highest BCUT2D eigenvalue weighted by molar-refractivity contribution is 7.10. The van der Waals surface area contributed by atoms with E-state index in [2.05, 4.69) is 12.2 Å². The normalized spacial score (nSPS) is 19.8. The molecule has 1 aromatic rings. The minimum atomic E-state index is -0.337. The maximum Gasteiger partial charge on any atom is 0.252 e. The van der Waals surface area contributed by atoms with Gasteiger partial charge in [-0.05, 0) is 30.7 Å². The van der Waals surface area contributed by atoms with Crippen molar-refractivity contribution in [2.45, 2.75) is 32.2 Å². The zero-order chi connectivity index (χ0) is 13.8. The van der Waals surface area contributed by atoms with Crippen LogP contribution in [0.3, 0.4) is 0 Å². The highest BCUT2D eigenvalue weighted by atomic mass is 32.1. The maximum absolute atomic E-state index is 12.2. The van der Waals surface area contributed by atoms with Gasteiger partial charge in [0, 0.05) is 17.4 Å². The van der Waals surface area contributed by atoms with Gasteiger partial charge in [0.1, 0.15) is 0 Å². The van der Waals surface area contributed by atoms with Crippen LogP contribution >= 0.6 is 11.3 Å². The first kappa shape index (κ1) is 14.5. The molecule has 19 heavy (non-hydrogen) atoms. The van der Waals surface area contributed by atoms with E-state index in [0.717, 1.165) is 24.8 Å². The zero-order valence-corrected chi connectivity index (χ0v) is 12.3. The number of thiophene rings is 1. The first-order chi connectivity index (χ1) is 9.15. The van der Waals surface area contributed by atoms with Crippen molar-refractivity contribution in [1.82, 2.24) is 5.32 Å². The third-order valence-electron chi connectivity index (χ3n) is 3.57. The molecule has 1 amide bonds. The average Bonchev–Trinajstić information content (AvgIpc) is 2.80. The Morgan fingerprint density at radius 1 is 1.68 bits per heavy atom. The predicted molar refractivity (Wildman–Crippen MR) is 75.7 cm³/mol. The number of carbonyl (C=O) groups excluding carboxylic acids is 1. The number of ether oxygens (including phenoxy) is 1. The zero-order valence-electron chi connectivity index (χ0n) is 11.4. The fourth-order valence-electron chi connectivity index (χ4n) is 2.47. The van der Waals surface area contributed by atoms with Gasteiger partial charge in [-0.15, -0.1) is 11.3 Å². The van der Waals surface area contributed by atoms with E-state index in [0.29, 0.717) is 12.5 Å². The Morgan fingerprint density at radius 3 is 3.16 bits per heavy atom. The van der Waals surface area contributed by atoms with E-state index in [9.17, 15) is 9.90 Å². The highest BCUT2D eigenvalue weighted by Crippen LogP contribution is 2.32. The minimum absolute atomic E-state index is 0.0943. The average molecular weight is 283 g/mol. The van der Waals surface area contributed by atoms with Gasteiger partial charge < -0.3 is 15.2 Å². The van der Waals surface area contributed by atoms with Crippen LogP contribution in [0.4, 0.5) is 0 Å². The van der Waals surface area contributed by atoms with Crippen LogP contribution in [0, 0.1) is 5.92 Å². The Bertz CT molecular complexity index is 444. The lowest BCUT2D eigenvalue weighted by Crippen LogP contribution is -2.40. The standard InChI is InChI=1S/C14H21NO3S/c1-9-3-4-11-12(8-19-13(11)5-9)14(17)15-10(6-16)7-18-2/h8-10,16H,3-7H2,1-2H3,(H,15,17). The number of methoxy groups -OCH3 is 1. The molecular weight excluding hydrogens is 262 g/mol. The van der Waals surface area contributed by atoms with Crippen LogP contribution in [0.15, 0.2) is 5.38 Å². The molecular formula is C14H21NO3S. The van der Waals surface area contributed by atoms with E-state index in [1.165, 1.54) is 10.4 Å². The molecule has 5 heteroatoms. The molecule has 1 heterocycles. The van der Waals surface area contributed by atoms with Crippen molar-refractivity contribution in [2.75, 3.05) is 20.3 Å². The van der Waals surface area contributed by atoms with E-state index in [4.69, 9.17) is 4.74 Å². The molecule has 2 N–H and O–H groups in total. The van der Waals surface area contributed by atoms with Gasteiger partial charge >= 0.3 is 0 Å². The van der Waals surface area contributed by atoms with Gasteiger partial charge in [-0.25, -0.2) is 0 Å². The summed E-state index contributed by atoms with van der Waals surface area (Å²) in [6.45, 7) is 2.47. The van der Waals surface area contributed by atoms with Crippen molar-refractivity contribution in [3.8, 4) is 0 Å². The smallest absolute Gasteiger partial charge is 0.252 e. The summed E-state index contributed by atoms with van der Waals surface area (Å²) in [5, 5.41) is 14.0. The van der Waals surface area contributed by atoms with Gasteiger partial charge in [0.15, 0.2) is 0 Å². The third kappa shape index (κ3) is 3.35. The van der Waals surface area contributed by atoms with Crippen molar-refractivity contribution < 1.29 is 14.6 Å². The molecule has 1 aliphatic rings. The molecule has 4 nitrogen and oxygen atoms in total. The number of nitrogens with one attached hydrogen (secondary N) is 1. The summed E-state index contributed by atoms with van der Waals surface area (Å²) < 4.78 is 4.97. The molecule has 106 valence electrons. The SMILES string of the molecule is COCC(CO)NC(=O)c1csc2c1CCC(C)C2. The number of rotatable bonds is 5. The first-order valence-corrected chi connectivity index (χ1v) is 7.53. The van der Waals surface area contributed by atoms with Gasteiger partial charge in [0.25, 0.3) is 5.91 Å². The van der Waals surface area contributed by atoms with Gasteiger partial charge in [-0.2, -0.15) is 0 Å². The van der Waals surface area contributed by atoms with Crippen LogP contribution in [-0.2, 0) is 17.6 Å². The van der Waals surface area contributed by atoms with Gasteiger partial charge in [-0.1, -0.05) is 6.92 Å². The lowest BCUT2D eigenvalue weighted by molar-refractivity contribution is 0.0839. The first-order valence-electron chi connectivity index (χ1n) is 6.65. The summed E-state index contributed by atoms with van der Waals surface area (Å²) in [7, 11) is 1.56. The molecule has 0 spiro atoms. The maximum atomic E-state index is 12.2. The molecule has 0 aromatic carbocycles. The van der Waals surface area contributed by atoms with Crippen molar-refractivity contribution in [1.29, 1.82) is 0 Å². The number of carbonyl (C=O) groups is 1. The number of aliphatic hydroxyl groups is 1. The molecule has 1 aromatic heterocycles. The second-order valence-corrected chi connectivity index (χ2v) is 6.17. The summed E-state index contributed by atoms with van der Waals surface area (Å²) >= 11 is 1.68. The summed E-state index contributed by atoms with van der Waals surface area (Å²) in [5.74, 6) is 0.615. The van der Waals surface area contributed by atoms with Crippen LogP contribution in [-0.4, -0.2) is 37.4 Å². The number of amides is 1. The summed E-state index contributed by atoms with van der Waals surface area (Å²) in [6, 6.07) is -0.337. The predicted octanol–water partition coefficient (Wildman–Crippen LogP) is 1.61. The van der Waals surface area contributed by atoms with Crippen LogP contribution in [0.1, 0.15) is 34.1 Å². The van der Waals surface area contributed by atoms with Gasteiger partial charge in [0.2, 0.25) is 0 Å². The van der Waals surface area contributed by atoms with Crippen molar-refractivity contribution in [3.05, 3.63) is 21.4 Å². The second kappa shape index (κ2) is 6.50. The van der Waals surface area contributed by atoms with Crippen molar-refractivity contribution in [2.24, 2.45) is 5.92 Å². The number of hydrogen-bond donors (Lipinski definition) is 2. The molecule has 0 saturated heterocycles. The van der Waals surface area contributed by atoms with Crippen LogP contribution in [0.5, 0.6) is 0 Å². The molecule has 0 radical (unpaired) electrons. The monoisotopic (exact) mass is 283 g/mol. The molecule has 0 aliphatic heterocycles. The molecule has 1 aliphatic carbocycles. The number of fused-ring (bicyclic) bond motifs is 1. The minimum Gasteiger partial charge on any atom is -0.394 e. The molecule has 0 bridgehead atoms. The Hall–Kier alpha value is -0.910. The quantitative estimate of drug-likeness (QED) is 0.863. The molecule has 2 atom stereocenters. The lowest BCUT2D eigenvalue weighted by atomic mass is 9.88. The molecule has 2 unspecified atom stereocenters. The molecule has 0 fully saturated rings. The fourth-order valence-corrected chi connectivity index (χ4v) is 3.72. The van der Waals surface area contributed by atoms with Crippen molar-refractivity contribution >= 4 is 17.2 Å². The summed E-state index contributed by atoms with van der Waals surface area (Å²) in [5.41, 5.74) is 1.98. The second-order valence-electron chi connectivity index (χ2n) is 5.21. The summed E-state index contributed by atoms with van der Waals surface area (Å²) in [6.07, 6.45) is 3.21.